The molecular formula is C38H24N8O8. The van der Waals surface area contributed by atoms with Gasteiger partial charge < -0.3 is 25.0 Å². The number of aliphatic imine (C=N–C) groups is 2. The zero-order valence-corrected chi connectivity index (χ0v) is 27.8. The van der Waals surface area contributed by atoms with Crippen molar-refractivity contribution in [2.45, 2.75) is 31.0 Å². The number of aromatic carboxylic acids is 4. The highest BCUT2D eigenvalue weighted by Crippen LogP contribution is 2.57. The fourth-order valence-electron chi connectivity index (χ4n) is 8.90. The maximum atomic E-state index is 12.4. The molecule has 7 heterocycles. The molecule has 2 bridgehead atoms. The van der Waals surface area contributed by atoms with Gasteiger partial charge in [-0.3, -0.25) is 9.80 Å². The Bertz CT molecular complexity index is 2900. The van der Waals surface area contributed by atoms with Gasteiger partial charge in [-0.1, -0.05) is 12.1 Å². The Balaban J connectivity index is 1.29. The van der Waals surface area contributed by atoms with Crippen LogP contribution >= 0.6 is 0 Å². The SMILES string of the molecule is Cn1c2c3ccc(C(=O)O)cc3c1=NC1c3ccc(C(=O)O)cc3C3=NC4c5ccc(C(=O)O)cc5C5N=C6c7ccc(C(=O)O)cc7C(N=2)N6C(N31)N54. The van der Waals surface area contributed by atoms with Gasteiger partial charge >= 0.3 is 23.9 Å². The summed E-state index contributed by atoms with van der Waals surface area (Å²) in [6.45, 7) is 0. The summed E-state index contributed by atoms with van der Waals surface area (Å²) in [5.74, 6) is -3.50. The highest BCUT2D eigenvalue weighted by molar-refractivity contribution is 6.08. The first-order chi connectivity index (χ1) is 26.0. The van der Waals surface area contributed by atoms with Crippen molar-refractivity contribution in [1.82, 2.24) is 19.3 Å². The summed E-state index contributed by atoms with van der Waals surface area (Å²) in [5, 5.41) is 41.3. The Morgan fingerprint density at radius 1 is 0.500 bits per heavy atom. The van der Waals surface area contributed by atoms with Crippen LogP contribution in [0.25, 0.3) is 10.8 Å². The molecule has 16 nitrogen and oxygen atoms in total. The number of carboxylic acids is 4. The van der Waals surface area contributed by atoms with Crippen LogP contribution in [0.4, 0.5) is 0 Å². The summed E-state index contributed by atoms with van der Waals surface area (Å²) in [7, 11) is 1.78. The average Bonchev–Trinajstić information content (AvgIpc) is 3.83. The molecule has 0 aliphatic carbocycles. The average molecular weight is 721 g/mol. The van der Waals surface area contributed by atoms with Gasteiger partial charge in [0, 0.05) is 40.1 Å². The molecule has 0 saturated carbocycles. The summed E-state index contributed by atoms with van der Waals surface area (Å²) >= 11 is 0. The van der Waals surface area contributed by atoms with Gasteiger partial charge in [-0.15, -0.1) is 0 Å². The van der Waals surface area contributed by atoms with Gasteiger partial charge in [0.25, 0.3) is 0 Å². The summed E-state index contributed by atoms with van der Waals surface area (Å²) in [6, 6.07) is 19.2. The van der Waals surface area contributed by atoms with Crippen molar-refractivity contribution in [2.75, 3.05) is 0 Å². The molecule has 6 aliphatic heterocycles. The van der Waals surface area contributed by atoms with Crippen molar-refractivity contribution < 1.29 is 39.6 Å². The van der Waals surface area contributed by atoms with Crippen LogP contribution in [0.3, 0.4) is 0 Å². The van der Waals surface area contributed by atoms with Crippen molar-refractivity contribution in [2.24, 2.45) is 27.0 Å². The highest BCUT2D eigenvalue weighted by Gasteiger charge is 2.60. The second-order valence-corrected chi connectivity index (χ2v) is 13.9. The maximum Gasteiger partial charge on any atom is 0.335 e. The van der Waals surface area contributed by atoms with E-state index in [1.54, 1.807) is 60.1 Å². The summed E-state index contributed by atoms with van der Waals surface area (Å²) in [6.07, 6.45) is -3.82. The standard InChI is InChI=1S/C38H24N8O8/c1-43-26-18-6-2-14(34(47)48)10-22(18)27(43)40-28-19-7-3-16(36(51)52)12-24(19)32-42-30-21-9-5-17(37(53)54)13-25(21)33-41-29-20-8-4-15(35(49)50)11-23(20)31(39-26)45(29)38(44(28)32)46(30)33/h2-13,28,30-31,33,38H,1H3,(H,47,48)(H,49,50)(H,51,52)(H,53,54). The van der Waals surface area contributed by atoms with Crippen LogP contribution < -0.4 is 11.0 Å². The third kappa shape index (κ3) is 3.68. The first-order valence-electron chi connectivity index (χ1n) is 16.9. The zero-order chi connectivity index (χ0) is 37.1. The van der Waals surface area contributed by atoms with Crippen molar-refractivity contribution in [3.05, 3.63) is 139 Å². The molecule has 5 unspecified atom stereocenters. The minimum Gasteiger partial charge on any atom is -0.478 e. The van der Waals surface area contributed by atoms with E-state index in [4.69, 9.17) is 20.0 Å². The van der Waals surface area contributed by atoms with E-state index in [1.807, 2.05) is 9.80 Å². The van der Waals surface area contributed by atoms with Crippen LogP contribution in [-0.2, 0) is 7.05 Å². The third-order valence-electron chi connectivity index (χ3n) is 11.2. The number of hydrogen-bond acceptors (Lipinski definition) is 11. The summed E-state index contributed by atoms with van der Waals surface area (Å²) < 4.78 is 1.78. The third-order valence-corrected chi connectivity index (χ3v) is 11.2. The predicted octanol–water partition coefficient (Wildman–Crippen LogP) is 3.07. The highest BCUT2D eigenvalue weighted by atomic mass is 16.4. The van der Waals surface area contributed by atoms with Crippen LogP contribution in [0.5, 0.6) is 0 Å². The second-order valence-electron chi connectivity index (χ2n) is 13.9. The molecule has 5 aromatic rings. The van der Waals surface area contributed by atoms with E-state index in [-0.39, 0.29) is 22.3 Å². The van der Waals surface area contributed by atoms with Crippen molar-refractivity contribution in [3.8, 4) is 0 Å². The number of rotatable bonds is 4. The van der Waals surface area contributed by atoms with Crippen molar-refractivity contribution in [3.63, 3.8) is 0 Å². The molecular weight excluding hydrogens is 696 g/mol. The number of aromatic nitrogens is 1. The summed E-state index contributed by atoms with van der Waals surface area (Å²) in [5.41, 5.74) is 4.95. The lowest BCUT2D eigenvalue weighted by atomic mass is 10.0. The molecule has 4 aromatic carbocycles. The van der Waals surface area contributed by atoms with E-state index in [9.17, 15) is 39.6 Å². The molecule has 0 saturated heterocycles. The van der Waals surface area contributed by atoms with Gasteiger partial charge in [0.05, 0.1) is 22.3 Å². The van der Waals surface area contributed by atoms with Gasteiger partial charge in [0.15, 0.2) is 18.6 Å². The lowest BCUT2D eigenvalue weighted by Gasteiger charge is -2.53. The van der Waals surface area contributed by atoms with Crippen LogP contribution in [-0.4, -0.2) is 81.5 Å². The van der Waals surface area contributed by atoms with E-state index < -0.39 is 54.8 Å². The lowest BCUT2D eigenvalue weighted by molar-refractivity contribution is -0.0902. The molecule has 1 aromatic heterocycles. The predicted molar refractivity (Wildman–Crippen MR) is 186 cm³/mol. The molecule has 0 radical (unpaired) electrons. The first-order valence-corrected chi connectivity index (χ1v) is 16.9. The molecule has 5 atom stereocenters. The van der Waals surface area contributed by atoms with Gasteiger partial charge in [-0.05, 0) is 71.8 Å². The number of benzene rings is 4. The number of hydrogen-bond donors (Lipinski definition) is 4. The van der Waals surface area contributed by atoms with Gasteiger partial charge in [-0.2, -0.15) is 0 Å². The minimum absolute atomic E-state index is 0.0471. The Labute approximate surface area is 302 Å². The van der Waals surface area contributed by atoms with E-state index in [1.165, 1.54) is 24.3 Å². The van der Waals surface area contributed by atoms with Gasteiger partial charge in [0.2, 0.25) is 0 Å². The van der Waals surface area contributed by atoms with Gasteiger partial charge in [0.1, 0.15) is 35.0 Å². The van der Waals surface area contributed by atoms with Crippen LogP contribution in [0.1, 0.15) is 99.5 Å². The number of amidine groups is 2. The largest absolute Gasteiger partial charge is 0.478 e. The van der Waals surface area contributed by atoms with E-state index in [0.717, 1.165) is 5.56 Å². The number of nitrogens with zero attached hydrogens (tertiary/aromatic N) is 8. The zero-order valence-electron chi connectivity index (χ0n) is 27.8. The van der Waals surface area contributed by atoms with E-state index in [0.29, 0.717) is 61.2 Å². The quantitative estimate of drug-likeness (QED) is 0.212. The Morgan fingerprint density at radius 3 is 1.67 bits per heavy atom. The lowest BCUT2D eigenvalue weighted by Crippen LogP contribution is -2.64. The first kappa shape index (κ1) is 30.4. The molecule has 4 N–H and O–H groups in total. The molecule has 54 heavy (non-hydrogen) atoms. The van der Waals surface area contributed by atoms with Crippen LogP contribution in [0.2, 0.25) is 0 Å². The molecule has 11 rings (SSSR count). The molecule has 0 amide bonds. The fourth-order valence-corrected chi connectivity index (χ4v) is 8.90. The summed E-state index contributed by atoms with van der Waals surface area (Å²) in [4.78, 5) is 76.3. The second kappa shape index (κ2) is 10.0. The molecule has 0 spiro atoms. The van der Waals surface area contributed by atoms with E-state index in [2.05, 4.69) is 4.90 Å². The fraction of sp³-hybridized carbons (Fsp3) is 0.158. The Hall–Kier alpha value is -7.20. The van der Waals surface area contributed by atoms with Gasteiger partial charge in [-0.25, -0.2) is 44.0 Å². The molecule has 264 valence electrons. The Kier molecular flexibility index (Phi) is 5.64. The van der Waals surface area contributed by atoms with Crippen LogP contribution in [0, 0.1) is 0 Å². The monoisotopic (exact) mass is 720 g/mol. The smallest absolute Gasteiger partial charge is 0.335 e. The van der Waals surface area contributed by atoms with Crippen molar-refractivity contribution in [1.29, 1.82) is 0 Å². The van der Waals surface area contributed by atoms with Crippen molar-refractivity contribution >= 4 is 46.3 Å². The minimum atomic E-state index is -1.12. The number of fused-ring (bicyclic) bond motifs is 14. The number of carbonyl (C=O) groups is 4. The normalized spacial score (nSPS) is 23.3. The molecule has 0 fully saturated rings. The van der Waals surface area contributed by atoms with Crippen LogP contribution in [0.15, 0.2) is 92.8 Å². The Morgan fingerprint density at radius 2 is 1.00 bits per heavy atom. The number of carboxylic acid groups (broad SMARTS) is 4. The molecule has 16 heteroatoms. The van der Waals surface area contributed by atoms with E-state index >= 15 is 0 Å². The molecule has 6 aliphatic rings. The topological polar surface area (TPSA) is 213 Å². The maximum absolute atomic E-state index is 12.4.